The van der Waals surface area contributed by atoms with Gasteiger partial charge >= 0.3 is 0 Å². The maximum atomic E-state index is 3.41. The van der Waals surface area contributed by atoms with Gasteiger partial charge in [-0.1, -0.05) is 12.1 Å². The Morgan fingerprint density at radius 1 is 1.29 bits per heavy atom. The van der Waals surface area contributed by atoms with Crippen LogP contribution in [-0.2, 0) is 0 Å². The lowest BCUT2D eigenvalue weighted by molar-refractivity contribution is 0.386. The first-order chi connectivity index (χ1) is 8.13. The topological polar surface area (TPSA) is 15.3 Å². The lowest BCUT2D eigenvalue weighted by Crippen LogP contribution is -2.46. The van der Waals surface area contributed by atoms with Crippen LogP contribution in [0.2, 0.25) is 0 Å². The first kappa shape index (κ1) is 12.4. The third-order valence-corrected chi connectivity index (χ3v) is 4.17. The zero-order valence-electron chi connectivity index (χ0n) is 11.5. The van der Waals surface area contributed by atoms with Crippen LogP contribution in [0.25, 0.3) is 0 Å². The number of hydrogen-bond donors (Lipinski definition) is 1. The Bertz CT molecular complexity index is 387. The summed E-state index contributed by atoms with van der Waals surface area (Å²) in [6.45, 7) is 7.94. The molecule has 2 unspecified atom stereocenters. The molecule has 2 nitrogen and oxygen atoms in total. The number of rotatable bonds is 2. The van der Waals surface area contributed by atoms with Crippen LogP contribution in [0.5, 0.6) is 0 Å². The fraction of sp³-hybridized carbons (Fsp3) is 0.600. The van der Waals surface area contributed by atoms with E-state index < -0.39 is 0 Å². The fourth-order valence-corrected chi connectivity index (χ4v) is 2.84. The van der Waals surface area contributed by atoms with E-state index in [-0.39, 0.29) is 0 Å². The summed E-state index contributed by atoms with van der Waals surface area (Å²) in [6, 6.07) is 7.95. The number of anilines is 1. The Hall–Kier alpha value is -1.02. The lowest BCUT2D eigenvalue weighted by Gasteiger charge is -2.40. The molecule has 1 heterocycles. The molecule has 0 aliphatic carbocycles. The highest BCUT2D eigenvalue weighted by atomic mass is 15.2. The van der Waals surface area contributed by atoms with E-state index >= 15 is 0 Å². The molecule has 2 atom stereocenters. The number of benzene rings is 1. The molecule has 1 aliphatic rings. The summed E-state index contributed by atoms with van der Waals surface area (Å²) in [5.74, 6) is 0. The predicted molar refractivity (Wildman–Crippen MR) is 74.8 cm³/mol. The molecule has 0 aromatic heterocycles. The highest BCUT2D eigenvalue weighted by Gasteiger charge is 2.25. The molecular weight excluding hydrogens is 208 g/mol. The van der Waals surface area contributed by atoms with Gasteiger partial charge in [0.15, 0.2) is 0 Å². The van der Waals surface area contributed by atoms with Gasteiger partial charge in [-0.15, -0.1) is 0 Å². The summed E-state index contributed by atoms with van der Waals surface area (Å²) in [7, 11) is 2.07. The van der Waals surface area contributed by atoms with Gasteiger partial charge in [-0.3, -0.25) is 0 Å². The number of hydrogen-bond acceptors (Lipinski definition) is 2. The molecule has 0 spiro atoms. The highest BCUT2D eigenvalue weighted by molar-refractivity contribution is 5.56. The van der Waals surface area contributed by atoms with Crippen LogP contribution in [0.1, 0.15) is 30.9 Å². The summed E-state index contributed by atoms with van der Waals surface area (Å²) in [6.07, 6.45) is 2.48. The quantitative estimate of drug-likeness (QED) is 0.843. The molecule has 1 aromatic rings. The molecule has 1 fully saturated rings. The van der Waals surface area contributed by atoms with Gasteiger partial charge in [0.05, 0.1) is 0 Å². The third kappa shape index (κ3) is 2.47. The van der Waals surface area contributed by atoms with E-state index in [1.54, 1.807) is 0 Å². The van der Waals surface area contributed by atoms with E-state index in [1.165, 1.54) is 29.7 Å². The van der Waals surface area contributed by atoms with Crippen molar-refractivity contribution in [2.24, 2.45) is 0 Å². The van der Waals surface area contributed by atoms with Crippen molar-refractivity contribution in [1.82, 2.24) is 5.32 Å². The Labute approximate surface area is 105 Å². The number of piperidine rings is 1. The van der Waals surface area contributed by atoms with Crippen LogP contribution in [0.15, 0.2) is 18.2 Å². The van der Waals surface area contributed by atoms with Gasteiger partial charge in [0.1, 0.15) is 0 Å². The highest BCUT2D eigenvalue weighted by Crippen LogP contribution is 2.29. The van der Waals surface area contributed by atoms with Gasteiger partial charge in [0, 0.05) is 24.3 Å². The molecule has 0 radical (unpaired) electrons. The third-order valence-electron chi connectivity index (χ3n) is 4.17. The second-order valence-corrected chi connectivity index (χ2v) is 5.27. The zero-order chi connectivity index (χ0) is 12.4. The summed E-state index contributed by atoms with van der Waals surface area (Å²) in [5, 5.41) is 3.41. The molecule has 1 saturated heterocycles. The maximum absolute atomic E-state index is 3.41. The summed E-state index contributed by atoms with van der Waals surface area (Å²) in [4.78, 5) is 2.57. The minimum absolute atomic E-state index is 0.627. The first-order valence-corrected chi connectivity index (χ1v) is 6.63. The van der Waals surface area contributed by atoms with Gasteiger partial charge in [-0.2, -0.15) is 0 Å². The van der Waals surface area contributed by atoms with E-state index in [1.807, 2.05) is 0 Å². The van der Waals surface area contributed by atoms with Crippen molar-refractivity contribution in [1.29, 1.82) is 0 Å². The van der Waals surface area contributed by atoms with Crippen molar-refractivity contribution in [2.75, 3.05) is 18.5 Å². The Balaban J connectivity index is 2.20. The second kappa shape index (κ2) is 5.09. The minimum atomic E-state index is 0.627. The first-order valence-electron chi connectivity index (χ1n) is 6.63. The van der Waals surface area contributed by atoms with E-state index in [0.717, 1.165) is 6.54 Å². The fourth-order valence-electron chi connectivity index (χ4n) is 2.84. The Morgan fingerprint density at radius 3 is 2.71 bits per heavy atom. The minimum Gasteiger partial charge on any atom is -0.368 e. The Morgan fingerprint density at radius 2 is 2.06 bits per heavy atom. The number of nitrogens with one attached hydrogen (secondary N) is 1. The van der Waals surface area contributed by atoms with Crippen molar-refractivity contribution in [2.45, 2.75) is 45.7 Å². The maximum Gasteiger partial charge on any atom is 0.0401 e. The van der Waals surface area contributed by atoms with Gasteiger partial charge in [-0.05, 0) is 57.9 Å². The smallest absolute Gasteiger partial charge is 0.0401 e. The van der Waals surface area contributed by atoms with Crippen molar-refractivity contribution >= 4 is 5.69 Å². The molecule has 1 N–H and O–H groups in total. The van der Waals surface area contributed by atoms with Gasteiger partial charge in [-0.25, -0.2) is 0 Å². The van der Waals surface area contributed by atoms with Crippen LogP contribution >= 0.6 is 0 Å². The summed E-state index contributed by atoms with van der Waals surface area (Å²) < 4.78 is 0. The van der Waals surface area contributed by atoms with Gasteiger partial charge in [0.25, 0.3) is 0 Å². The van der Waals surface area contributed by atoms with Crippen LogP contribution < -0.4 is 10.2 Å². The molecule has 17 heavy (non-hydrogen) atoms. The Kier molecular flexibility index (Phi) is 3.72. The average Bonchev–Trinajstić information content (AvgIpc) is 2.33. The normalized spacial score (nSPS) is 25.1. The average molecular weight is 232 g/mol. The van der Waals surface area contributed by atoms with E-state index in [0.29, 0.717) is 12.1 Å². The molecule has 2 heteroatoms. The monoisotopic (exact) mass is 232 g/mol. The predicted octanol–water partition coefficient (Wildman–Crippen LogP) is 2.88. The summed E-state index contributed by atoms with van der Waals surface area (Å²) >= 11 is 0. The largest absolute Gasteiger partial charge is 0.368 e. The molecule has 0 amide bonds. The number of nitrogens with zero attached hydrogens (tertiary/aromatic N) is 1. The van der Waals surface area contributed by atoms with Gasteiger partial charge in [0.2, 0.25) is 0 Å². The lowest BCUT2D eigenvalue weighted by atomic mass is 9.96. The van der Waals surface area contributed by atoms with Crippen molar-refractivity contribution in [3.63, 3.8) is 0 Å². The molecule has 0 bridgehead atoms. The molecule has 0 saturated carbocycles. The molecule has 2 rings (SSSR count). The SMILES string of the molecule is CNC1CCN(c2cccc(C)c2C)C(C)C1. The zero-order valence-corrected chi connectivity index (χ0v) is 11.5. The molecule has 94 valence electrons. The van der Waals surface area contributed by atoms with Crippen molar-refractivity contribution in [3.8, 4) is 0 Å². The van der Waals surface area contributed by atoms with E-state index in [4.69, 9.17) is 0 Å². The van der Waals surface area contributed by atoms with Crippen LogP contribution in [0.4, 0.5) is 5.69 Å². The van der Waals surface area contributed by atoms with Crippen LogP contribution in [-0.4, -0.2) is 25.7 Å². The van der Waals surface area contributed by atoms with Crippen molar-refractivity contribution < 1.29 is 0 Å². The van der Waals surface area contributed by atoms with Crippen LogP contribution in [0.3, 0.4) is 0 Å². The standard InChI is InChI=1S/C15H24N2/c1-11-6-5-7-15(13(11)3)17-9-8-14(16-4)10-12(17)2/h5-7,12,14,16H,8-10H2,1-4H3. The van der Waals surface area contributed by atoms with Crippen LogP contribution in [0, 0.1) is 13.8 Å². The second-order valence-electron chi connectivity index (χ2n) is 5.27. The van der Waals surface area contributed by atoms with Crippen molar-refractivity contribution in [3.05, 3.63) is 29.3 Å². The number of aryl methyl sites for hydroxylation is 1. The summed E-state index contributed by atoms with van der Waals surface area (Å²) in [5.41, 5.74) is 4.25. The molecular formula is C15H24N2. The molecule has 1 aliphatic heterocycles. The van der Waals surface area contributed by atoms with E-state index in [9.17, 15) is 0 Å². The molecule has 1 aromatic carbocycles. The van der Waals surface area contributed by atoms with E-state index in [2.05, 4.69) is 56.2 Å². The van der Waals surface area contributed by atoms with Gasteiger partial charge < -0.3 is 10.2 Å².